The molecule has 0 heterocycles. The smallest absolute Gasteiger partial charge is 0.526 e. The van der Waals surface area contributed by atoms with Gasteiger partial charge in [0.2, 0.25) is 0 Å². The highest BCUT2D eigenvalue weighted by molar-refractivity contribution is 9.10. The Kier molecular flexibility index (Phi) is 5.81. The summed E-state index contributed by atoms with van der Waals surface area (Å²) in [7, 11) is 4.45. The lowest BCUT2D eigenvalue weighted by molar-refractivity contribution is 0.404. The van der Waals surface area contributed by atoms with Crippen LogP contribution in [0.5, 0.6) is 23.0 Å². The maximum Gasteiger partial charge on any atom is 0.658 e. The van der Waals surface area contributed by atoms with Crippen molar-refractivity contribution in [1.29, 1.82) is 0 Å². The van der Waals surface area contributed by atoms with Crippen molar-refractivity contribution in [2.45, 2.75) is 0 Å². The summed E-state index contributed by atoms with van der Waals surface area (Å²) in [5.74, 6) is 2.59. The highest BCUT2D eigenvalue weighted by Gasteiger charge is 2.07. The molecular weight excluding hydrogens is 403 g/mol. The largest absolute Gasteiger partial charge is 0.658 e. The summed E-state index contributed by atoms with van der Waals surface area (Å²) < 4.78 is 22.9. The van der Waals surface area contributed by atoms with E-state index in [1.807, 2.05) is 12.1 Å². The normalized spacial score (nSPS) is 9.90. The molecule has 0 N–H and O–H groups in total. The zero-order valence-electron chi connectivity index (χ0n) is 11.4. The van der Waals surface area contributed by atoms with Crippen LogP contribution in [0.4, 0.5) is 0 Å². The lowest BCUT2D eigenvalue weighted by atomic mass is 10.2. The van der Waals surface area contributed by atoms with Gasteiger partial charge in [-0.3, -0.25) is 0 Å². The van der Waals surface area contributed by atoms with E-state index in [0.29, 0.717) is 23.0 Å². The van der Waals surface area contributed by atoms with Crippen LogP contribution in [0.2, 0.25) is 0 Å². The van der Waals surface area contributed by atoms with Gasteiger partial charge in [-0.1, -0.05) is 0 Å². The van der Waals surface area contributed by atoms with Crippen LogP contribution in [0.3, 0.4) is 0 Å². The third kappa shape index (κ3) is 4.31. The lowest BCUT2D eigenvalue weighted by Gasteiger charge is -2.10. The van der Waals surface area contributed by atoms with Crippen LogP contribution >= 0.6 is 31.9 Å². The Hall–Kier alpha value is -1.34. The van der Waals surface area contributed by atoms with Crippen LogP contribution in [0.15, 0.2) is 45.3 Å². The maximum absolute atomic E-state index is 5.41. The number of hydrogen-bond acceptors (Lipinski definition) is 4. The second-order valence-electron chi connectivity index (χ2n) is 3.92. The molecule has 0 aliphatic heterocycles. The first kappa shape index (κ1) is 16.0. The van der Waals surface area contributed by atoms with Crippen LogP contribution in [0, 0.1) is 0 Å². The number of rotatable bonds is 6. The van der Waals surface area contributed by atoms with Crippen LogP contribution < -0.4 is 18.8 Å². The summed E-state index contributed by atoms with van der Waals surface area (Å²) in [6, 6.07) is 10.8. The molecule has 4 nitrogen and oxygen atoms in total. The molecule has 21 heavy (non-hydrogen) atoms. The molecule has 2 aromatic rings. The third-order valence-electron chi connectivity index (χ3n) is 2.61. The summed E-state index contributed by atoms with van der Waals surface area (Å²) in [5.41, 5.74) is 0. The summed E-state index contributed by atoms with van der Waals surface area (Å²) in [6.45, 7) is 0. The van der Waals surface area contributed by atoms with E-state index in [4.69, 9.17) is 18.8 Å². The van der Waals surface area contributed by atoms with Gasteiger partial charge in [0.15, 0.2) is 0 Å². The Balaban J connectivity index is 1.95. The van der Waals surface area contributed by atoms with Gasteiger partial charge in [-0.2, -0.15) is 0 Å². The van der Waals surface area contributed by atoms with Gasteiger partial charge in [-0.25, -0.2) is 0 Å². The SMILES string of the molecule is COc1cc(O[B]Oc2ccc(Br)c(OC)c2)ccc1Br. The Morgan fingerprint density at radius 2 is 1.19 bits per heavy atom. The second kappa shape index (κ2) is 7.61. The molecule has 2 rings (SSSR count). The minimum absolute atomic E-state index is 0.610. The molecule has 0 bridgehead atoms. The average molecular weight is 415 g/mol. The third-order valence-corrected chi connectivity index (χ3v) is 3.92. The van der Waals surface area contributed by atoms with E-state index in [1.165, 1.54) is 7.69 Å². The Morgan fingerprint density at radius 1 is 0.762 bits per heavy atom. The summed E-state index contributed by atoms with van der Waals surface area (Å²) >= 11 is 6.76. The summed E-state index contributed by atoms with van der Waals surface area (Å²) in [4.78, 5) is 0. The van der Waals surface area contributed by atoms with Crippen molar-refractivity contribution in [3.63, 3.8) is 0 Å². The molecule has 0 aliphatic rings. The maximum atomic E-state index is 5.41. The van der Waals surface area contributed by atoms with E-state index < -0.39 is 0 Å². The molecule has 0 aliphatic carbocycles. The van der Waals surface area contributed by atoms with E-state index >= 15 is 0 Å². The van der Waals surface area contributed by atoms with E-state index in [9.17, 15) is 0 Å². The van der Waals surface area contributed by atoms with Crippen LogP contribution in [-0.2, 0) is 0 Å². The number of hydrogen-bond donors (Lipinski definition) is 0. The zero-order chi connectivity index (χ0) is 15.2. The second-order valence-corrected chi connectivity index (χ2v) is 5.63. The molecule has 0 fully saturated rings. The minimum Gasteiger partial charge on any atom is -0.526 e. The molecule has 0 amide bonds. The van der Waals surface area contributed by atoms with Crippen LogP contribution in [0.1, 0.15) is 0 Å². The lowest BCUT2D eigenvalue weighted by Crippen LogP contribution is -2.11. The Morgan fingerprint density at radius 3 is 1.57 bits per heavy atom. The molecule has 109 valence electrons. The van der Waals surface area contributed by atoms with Gasteiger partial charge in [0.05, 0.1) is 23.2 Å². The number of benzene rings is 2. The molecule has 0 spiro atoms. The molecule has 0 saturated carbocycles. The van der Waals surface area contributed by atoms with E-state index in [2.05, 4.69) is 31.9 Å². The van der Waals surface area contributed by atoms with Crippen LogP contribution in [0.25, 0.3) is 0 Å². The minimum atomic E-state index is 0.610. The zero-order valence-corrected chi connectivity index (χ0v) is 14.6. The quantitative estimate of drug-likeness (QED) is 0.663. The standard InChI is InChI=1S/C14H12BBr2O4/c1-18-13-7-9(3-5-11(13)16)20-15-21-10-4-6-12(17)14(8-10)19-2/h3-8H,1-2H3. The van der Waals surface area contributed by atoms with Gasteiger partial charge in [-0.05, 0) is 56.1 Å². The van der Waals surface area contributed by atoms with Crippen molar-refractivity contribution < 1.29 is 18.8 Å². The van der Waals surface area contributed by atoms with Gasteiger partial charge in [-0.15, -0.1) is 0 Å². The molecule has 2 aromatic carbocycles. The van der Waals surface area contributed by atoms with E-state index in [0.717, 1.165) is 8.95 Å². The fourth-order valence-electron chi connectivity index (χ4n) is 1.56. The van der Waals surface area contributed by atoms with Gasteiger partial charge in [0.1, 0.15) is 23.0 Å². The van der Waals surface area contributed by atoms with Crippen molar-refractivity contribution in [3.8, 4) is 23.0 Å². The first-order valence-corrected chi connectivity index (χ1v) is 7.54. The molecule has 1 radical (unpaired) electrons. The average Bonchev–Trinajstić information content (AvgIpc) is 2.50. The van der Waals surface area contributed by atoms with Crippen molar-refractivity contribution >= 4 is 39.5 Å². The Bertz CT molecular complexity index is 568. The molecule has 0 aromatic heterocycles. The van der Waals surface area contributed by atoms with Crippen molar-refractivity contribution in [1.82, 2.24) is 0 Å². The molecule has 0 atom stereocenters. The van der Waals surface area contributed by atoms with E-state index in [1.54, 1.807) is 38.5 Å². The Labute approximate surface area is 140 Å². The molecule has 7 heteroatoms. The predicted octanol–water partition coefficient (Wildman–Crippen LogP) is 4.22. The van der Waals surface area contributed by atoms with Gasteiger partial charge in [0.25, 0.3) is 0 Å². The van der Waals surface area contributed by atoms with Crippen LogP contribution in [-0.4, -0.2) is 21.9 Å². The molecule has 0 saturated heterocycles. The first-order valence-electron chi connectivity index (χ1n) is 5.96. The van der Waals surface area contributed by atoms with E-state index in [-0.39, 0.29) is 0 Å². The monoisotopic (exact) mass is 413 g/mol. The summed E-state index contributed by atoms with van der Waals surface area (Å²) in [6.07, 6.45) is 0. The van der Waals surface area contributed by atoms with Crippen molar-refractivity contribution in [2.75, 3.05) is 14.2 Å². The fourth-order valence-corrected chi connectivity index (χ4v) is 2.38. The highest BCUT2D eigenvalue weighted by Crippen LogP contribution is 2.30. The summed E-state index contributed by atoms with van der Waals surface area (Å²) in [5, 5.41) is 0. The topological polar surface area (TPSA) is 36.9 Å². The van der Waals surface area contributed by atoms with Crippen molar-refractivity contribution in [2.24, 2.45) is 0 Å². The van der Waals surface area contributed by atoms with Gasteiger partial charge >= 0.3 is 7.69 Å². The highest BCUT2D eigenvalue weighted by atomic mass is 79.9. The fraction of sp³-hybridized carbons (Fsp3) is 0.143. The number of halogens is 2. The number of methoxy groups -OCH3 is 2. The molecule has 0 unspecified atom stereocenters. The molecular formula is C14H12BBr2O4. The number of ether oxygens (including phenoxy) is 2. The van der Waals surface area contributed by atoms with Gasteiger partial charge in [0, 0.05) is 12.1 Å². The first-order chi connectivity index (χ1) is 10.1. The predicted molar refractivity (Wildman–Crippen MR) is 88.4 cm³/mol. The van der Waals surface area contributed by atoms with Crippen molar-refractivity contribution in [3.05, 3.63) is 45.3 Å². The van der Waals surface area contributed by atoms with Gasteiger partial charge < -0.3 is 18.8 Å².